The molecule has 64 valence electrons. The summed E-state index contributed by atoms with van der Waals surface area (Å²) in [6.45, 7) is 3.07. The first-order chi connectivity index (χ1) is 5.54. The highest BCUT2D eigenvalue weighted by Gasteiger charge is 2.10. The van der Waals surface area contributed by atoms with Gasteiger partial charge in [0, 0.05) is 5.56 Å². The van der Waals surface area contributed by atoms with Gasteiger partial charge in [-0.1, -0.05) is 6.07 Å². The van der Waals surface area contributed by atoms with E-state index in [1.54, 1.807) is 19.1 Å². The Balaban J connectivity index is 3.36. The lowest BCUT2D eigenvalue weighted by atomic mass is 10.1. The summed E-state index contributed by atoms with van der Waals surface area (Å²) in [6.07, 6.45) is 0. The van der Waals surface area contributed by atoms with Gasteiger partial charge in [0.15, 0.2) is 5.78 Å². The minimum absolute atomic E-state index is 0.138. The van der Waals surface area contributed by atoms with Crippen molar-refractivity contribution in [1.82, 2.24) is 0 Å². The maximum atomic E-state index is 13.2. The van der Waals surface area contributed by atoms with Crippen molar-refractivity contribution in [2.45, 2.75) is 13.8 Å². The Morgan fingerprint density at radius 1 is 1.50 bits per heavy atom. The number of hydrogen-bond acceptors (Lipinski definition) is 1. The molecule has 1 aromatic carbocycles. The van der Waals surface area contributed by atoms with Gasteiger partial charge in [0.1, 0.15) is 5.82 Å². The summed E-state index contributed by atoms with van der Waals surface area (Å²) < 4.78 is 13.4. The summed E-state index contributed by atoms with van der Waals surface area (Å²) in [6, 6.07) is 3.21. The molecule has 0 fully saturated rings. The molecule has 0 heterocycles. The molecular formula is C9H8BrFO. The minimum Gasteiger partial charge on any atom is -0.294 e. The van der Waals surface area contributed by atoms with Gasteiger partial charge in [-0.05, 0) is 41.4 Å². The van der Waals surface area contributed by atoms with Gasteiger partial charge in [-0.3, -0.25) is 4.79 Å². The number of carbonyl (C=O) groups is 1. The van der Waals surface area contributed by atoms with Crippen LogP contribution in [0, 0.1) is 12.7 Å². The molecule has 0 unspecified atom stereocenters. The van der Waals surface area contributed by atoms with Crippen LogP contribution >= 0.6 is 15.9 Å². The Bertz CT molecular complexity index is 334. The van der Waals surface area contributed by atoms with Gasteiger partial charge in [0.05, 0.1) is 4.47 Å². The van der Waals surface area contributed by atoms with E-state index >= 15 is 0 Å². The van der Waals surface area contributed by atoms with Crippen LogP contribution in [0.4, 0.5) is 4.39 Å². The molecule has 12 heavy (non-hydrogen) atoms. The van der Waals surface area contributed by atoms with Crippen molar-refractivity contribution in [3.8, 4) is 0 Å². The quantitative estimate of drug-likeness (QED) is 0.678. The van der Waals surface area contributed by atoms with E-state index < -0.39 is 0 Å². The van der Waals surface area contributed by atoms with Crippen molar-refractivity contribution in [3.63, 3.8) is 0 Å². The molecule has 0 spiro atoms. The first kappa shape index (κ1) is 9.39. The molecule has 1 aromatic rings. The first-order valence-corrected chi connectivity index (χ1v) is 4.29. The predicted molar refractivity (Wildman–Crippen MR) is 48.8 cm³/mol. The second-order valence-corrected chi connectivity index (χ2v) is 3.41. The molecule has 0 saturated carbocycles. The molecule has 0 saturated heterocycles. The average Bonchev–Trinajstić information content (AvgIpc) is 2.00. The van der Waals surface area contributed by atoms with Gasteiger partial charge in [0.25, 0.3) is 0 Å². The summed E-state index contributed by atoms with van der Waals surface area (Å²) in [5, 5.41) is 0. The van der Waals surface area contributed by atoms with E-state index in [2.05, 4.69) is 15.9 Å². The molecule has 0 bridgehead atoms. The van der Waals surface area contributed by atoms with Gasteiger partial charge in [-0.2, -0.15) is 0 Å². The number of benzene rings is 1. The van der Waals surface area contributed by atoms with E-state index in [1.807, 2.05) is 0 Å². The number of Topliss-reactive ketones (excluding diaryl/α,β-unsaturated/α-hetero) is 1. The zero-order chi connectivity index (χ0) is 9.30. The van der Waals surface area contributed by atoms with Gasteiger partial charge < -0.3 is 0 Å². The molecule has 0 aliphatic carbocycles. The number of aryl methyl sites for hydroxylation is 1. The van der Waals surface area contributed by atoms with Gasteiger partial charge >= 0.3 is 0 Å². The summed E-state index contributed by atoms with van der Waals surface area (Å²) in [5.74, 6) is -0.497. The van der Waals surface area contributed by atoms with Crippen LogP contribution in [-0.2, 0) is 0 Å². The Hall–Kier alpha value is -0.700. The van der Waals surface area contributed by atoms with E-state index in [0.29, 0.717) is 11.1 Å². The van der Waals surface area contributed by atoms with Crippen LogP contribution in [0.2, 0.25) is 0 Å². The maximum absolute atomic E-state index is 13.2. The summed E-state index contributed by atoms with van der Waals surface area (Å²) in [7, 11) is 0. The van der Waals surface area contributed by atoms with E-state index in [0.717, 1.165) is 0 Å². The second kappa shape index (κ2) is 3.35. The molecule has 0 aromatic heterocycles. The zero-order valence-corrected chi connectivity index (χ0v) is 8.40. The Kier molecular flexibility index (Phi) is 2.62. The topological polar surface area (TPSA) is 17.1 Å². The zero-order valence-electron chi connectivity index (χ0n) is 6.82. The first-order valence-electron chi connectivity index (χ1n) is 3.49. The van der Waals surface area contributed by atoms with Crippen molar-refractivity contribution in [3.05, 3.63) is 33.5 Å². The van der Waals surface area contributed by atoms with Gasteiger partial charge in [0.2, 0.25) is 0 Å². The normalized spacial score (nSPS) is 10.0. The van der Waals surface area contributed by atoms with Crippen LogP contribution in [0.3, 0.4) is 0 Å². The Morgan fingerprint density at radius 3 is 2.58 bits per heavy atom. The van der Waals surface area contributed by atoms with E-state index in [-0.39, 0.29) is 16.1 Å². The van der Waals surface area contributed by atoms with E-state index in [9.17, 15) is 9.18 Å². The molecule has 0 aliphatic rings. The number of halogens is 2. The molecular weight excluding hydrogens is 223 g/mol. The van der Waals surface area contributed by atoms with Crippen LogP contribution in [0.5, 0.6) is 0 Å². The van der Waals surface area contributed by atoms with Crippen molar-refractivity contribution >= 4 is 21.7 Å². The van der Waals surface area contributed by atoms with Crippen molar-refractivity contribution in [1.29, 1.82) is 0 Å². The fourth-order valence-corrected chi connectivity index (χ4v) is 1.64. The predicted octanol–water partition coefficient (Wildman–Crippen LogP) is 3.10. The molecule has 3 heteroatoms. The summed E-state index contributed by atoms with van der Waals surface area (Å²) in [5.41, 5.74) is 0.921. The molecule has 1 rings (SSSR count). The number of carbonyl (C=O) groups excluding carboxylic acids is 1. The lowest BCUT2D eigenvalue weighted by Crippen LogP contribution is -1.97. The fourth-order valence-electron chi connectivity index (χ4n) is 0.918. The van der Waals surface area contributed by atoms with Crippen LogP contribution in [0.1, 0.15) is 22.8 Å². The number of hydrogen-bond donors (Lipinski definition) is 0. The third-order valence-corrected chi connectivity index (χ3v) is 2.43. The van der Waals surface area contributed by atoms with Crippen LogP contribution in [0.25, 0.3) is 0 Å². The fraction of sp³-hybridized carbons (Fsp3) is 0.222. The monoisotopic (exact) mass is 230 g/mol. The van der Waals surface area contributed by atoms with Crippen LogP contribution < -0.4 is 0 Å². The highest BCUT2D eigenvalue weighted by molar-refractivity contribution is 9.10. The minimum atomic E-state index is -0.359. The highest BCUT2D eigenvalue weighted by atomic mass is 79.9. The van der Waals surface area contributed by atoms with Crippen molar-refractivity contribution < 1.29 is 9.18 Å². The molecule has 1 nitrogen and oxygen atoms in total. The van der Waals surface area contributed by atoms with Crippen LogP contribution in [0.15, 0.2) is 16.6 Å². The number of ketones is 1. The Morgan fingerprint density at radius 2 is 2.08 bits per heavy atom. The van der Waals surface area contributed by atoms with E-state index in [4.69, 9.17) is 0 Å². The summed E-state index contributed by atoms with van der Waals surface area (Å²) >= 11 is 3.04. The highest BCUT2D eigenvalue weighted by Crippen LogP contribution is 2.23. The smallest absolute Gasteiger partial charge is 0.161 e. The van der Waals surface area contributed by atoms with E-state index in [1.165, 1.54) is 6.92 Å². The lowest BCUT2D eigenvalue weighted by molar-refractivity contribution is 0.101. The van der Waals surface area contributed by atoms with Gasteiger partial charge in [-0.15, -0.1) is 0 Å². The summed E-state index contributed by atoms with van der Waals surface area (Å²) in [4.78, 5) is 10.9. The molecule has 0 aliphatic heterocycles. The van der Waals surface area contributed by atoms with Gasteiger partial charge in [-0.25, -0.2) is 4.39 Å². The molecule has 0 atom stereocenters. The SMILES string of the molecule is CC(=O)c1ccc(C)c(F)c1Br. The third-order valence-electron chi connectivity index (χ3n) is 1.65. The average molecular weight is 231 g/mol. The number of rotatable bonds is 1. The maximum Gasteiger partial charge on any atom is 0.161 e. The second-order valence-electron chi connectivity index (χ2n) is 2.61. The van der Waals surface area contributed by atoms with Crippen LogP contribution in [-0.4, -0.2) is 5.78 Å². The van der Waals surface area contributed by atoms with Crippen molar-refractivity contribution in [2.75, 3.05) is 0 Å². The molecule has 0 N–H and O–H groups in total. The standard InChI is InChI=1S/C9H8BrFO/c1-5-3-4-7(6(2)12)8(10)9(5)11/h3-4H,1-2H3. The lowest BCUT2D eigenvalue weighted by Gasteiger charge is -2.03. The molecule has 0 amide bonds. The third kappa shape index (κ3) is 1.55. The molecule has 0 radical (unpaired) electrons. The Labute approximate surface area is 78.7 Å². The van der Waals surface area contributed by atoms with Crippen molar-refractivity contribution in [2.24, 2.45) is 0 Å². The largest absolute Gasteiger partial charge is 0.294 e.